The van der Waals surface area contributed by atoms with Gasteiger partial charge in [0.05, 0.1) is 0 Å². The standard InChI is InChI=1S/C10H19NO/c1-5-8-9(4)10(12)11(6-2)7-3/h6,9H,2,5,7-8H2,1,3-4H3. The third-order valence-corrected chi connectivity index (χ3v) is 1.99. The Morgan fingerprint density at radius 2 is 2.17 bits per heavy atom. The van der Waals surface area contributed by atoms with Gasteiger partial charge in [0.1, 0.15) is 0 Å². The van der Waals surface area contributed by atoms with E-state index in [1.807, 2.05) is 13.8 Å². The van der Waals surface area contributed by atoms with E-state index in [2.05, 4.69) is 13.5 Å². The van der Waals surface area contributed by atoms with E-state index in [-0.39, 0.29) is 11.8 Å². The molecule has 0 aliphatic carbocycles. The van der Waals surface area contributed by atoms with E-state index in [4.69, 9.17) is 0 Å². The van der Waals surface area contributed by atoms with Crippen molar-refractivity contribution in [3.8, 4) is 0 Å². The molecule has 0 heterocycles. The highest BCUT2D eigenvalue weighted by Crippen LogP contribution is 2.09. The first-order valence-electron chi connectivity index (χ1n) is 4.60. The van der Waals surface area contributed by atoms with Crippen molar-refractivity contribution < 1.29 is 4.79 Å². The second-order valence-corrected chi connectivity index (χ2v) is 3.00. The molecule has 0 spiro atoms. The highest BCUT2D eigenvalue weighted by Gasteiger charge is 2.15. The molecule has 0 aromatic rings. The van der Waals surface area contributed by atoms with E-state index in [1.165, 1.54) is 0 Å². The zero-order valence-corrected chi connectivity index (χ0v) is 8.34. The molecule has 0 saturated heterocycles. The Morgan fingerprint density at radius 3 is 2.50 bits per heavy atom. The summed E-state index contributed by atoms with van der Waals surface area (Å²) in [5, 5.41) is 0. The van der Waals surface area contributed by atoms with Crippen molar-refractivity contribution in [3.63, 3.8) is 0 Å². The minimum absolute atomic E-state index is 0.132. The lowest BCUT2D eigenvalue weighted by atomic mass is 10.1. The first-order valence-corrected chi connectivity index (χ1v) is 4.60. The summed E-state index contributed by atoms with van der Waals surface area (Å²) in [6.45, 7) is 10.3. The molecule has 0 N–H and O–H groups in total. The lowest BCUT2D eigenvalue weighted by Crippen LogP contribution is -2.30. The summed E-state index contributed by atoms with van der Waals surface area (Å²) in [6.07, 6.45) is 3.62. The number of hydrogen-bond acceptors (Lipinski definition) is 1. The van der Waals surface area contributed by atoms with Gasteiger partial charge in [-0.3, -0.25) is 4.79 Å². The minimum Gasteiger partial charge on any atom is -0.320 e. The molecule has 0 bridgehead atoms. The third kappa shape index (κ3) is 3.07. The van der Waals surface area contributed by atoms with Gasteiger partial charge in [0, 0.05) is 12.5 Å². The topological polar surface area (TPSA) is 20.3 Å². The van der Waals surface area contributed by atoms with Crippen molar-refractivity contribution in [1.29, 1.82) is 0 Å². The Balaban J connectivity index is 4.05. The molecule has 1 atom stereocenters. The van der Waals surface area contributed by atoms with Crippen LogP contribution in [0.1, 0.15) is 33.6 Å². The number of carbonyl (C=O) groups excluding carboxylic acids is 1. The fraction of sp³-hybridized carbons (Fsp3) is 0.700. The van der Waals surface area contributed by atoms with Gasteiger partial charge >= 0.3 is 0 Å². The Kier molecular flexibility index (Phi) is 5.43. The molecule has 0 rings (SSSR count). The molecule has 0 aliphatic heterocycles. The van der Waals surface area contributed by atoms with Gasteiger partial charge in [-0.2, -0.15) is 0 Å². The highest BCUT2D eigenvalue weighted by molar-refractivity contribution is 5.79. The van der Waals surface area contributed by atoms with Crippen LogP contribution in [0.15, 0.2) is 12.8 Å². The molecule has 2 nitrogen and oxygen atoms in total. The number of amides is 1. The van der Waals surface area contributed by atoms with Gasteiger partial charge in [0.15, 0.2) is 0 Å². The summed E-state index contributed by atoms with van der Waals surface area (Å²) in [4.78, 5) is 13.2. The first kappa shape index (κ1) is 11.2. The molecule has 1 unspecified atom stereocenters. The predicted octanol–water partition coefficient (Wildman–Crippen LogP) is 2.41. The van der Waals surface area contributed by atoms with Crippen molar-refractivity contribution >= 4 is 5.91 Å². The van der Waals surface area contributed by atoms with Crippen molar-refractivity contribution in [2.24, 2.45) is 5.92 Å². The van der Waals surface area contributed by atoms with E-state index < -0.39 is 0 Å². The maximum absolute atomic E-state index is 11.5. The largest absolute Gasteiger partial charge is 0.320 e. The molecule has 70 valence electrons. The summed E-state index contributed by atoms with van der Waals surface area (Å²) in [5.41, 5.74) is 0. The van der Waals surface area contributed by atoms with E-state index in [9.17, 15) is 4.79 Å². The van der Waals surface area contributed by atoms with Crippen LogP contribution in [0.5, 0.6) is 0 Å². The quantitative estimate of drug-likeness (QED) is 0.619. The smallest absolute Gasteiger partial charge is 0.229 e. The average Bonchev–Trinajstić information content (AvgIpc) is 2.07. The number of rotatable bonds is 5. The van der Waals surface area contributed by atoms with Gasteiger partial charge in [-0.15, -0.1) is 0 Å². The van der Waals surface area contributed by atoms with Gasteiger partial charge in [-0.05, 0) is 19.5 Å². The fourth-order valence-corrected chi connectivity index (χ4v) is 1.21. The van der Waals surface area contributed by atoms with Crippen LogP contribution in [0.2, 0.25) is 0 Å². The average molecular weight is 169 g/mol. The second kappa shape index (κ2) is 5.81. The Morgan fingerprint density at radius 1 is 1.58 bits per heavy atom. The molecular weight excluding hydrogens is 150 g/mol. The summed E-state index contributed by atoms with van der Waals surface area (Å²) < 4.78 is 0. The lowest BCUT2D eigenvalue weighted by Gasteiger charge is -2.19. The Bertz CT molecular complexity index is 154. The second-order valence-electron chi connectivity index (χ2n) is 3.00. The number of carbonyl (C=O) groups is 1. The van der Waals surface area contributed by atoms with E-state index >= 15 is 0 Å². The number of hydrogen-bond donors (Lipinski definition) is 0. The van der Waals surface area contributed by atoms with Gasteiger partial charge in [0.25, 0.3) is 0 Å². The van der Waals surface area contributed by atoms with Crippen molar-refractivity contribution in [2.45, 2.75) is 33.6 Å². The molecular formula is C10H19NO. The van der Waals surface area contributed by atoms with E-state index in [0.29, 0.717) is 0 Å². The van der Waals surface area contributed by atoms with Crippen LogP contribution < -0.4 is 0 Å². The van der Waals surface area contributed by atoms with Crippen LogP contribution in [-0.4, -0.2) is 17.4 Å². The van der Waals surface area contributed by atoms with Gasteiger partial charge in [-0.25, -0.2) is 0 Å². The monoisotopic (exact) mass is 169 g/mol. The predicted molar refractivity (Wildman–Crippen MR) is 51.7 cm³/mol. The van der Waals surface area contributed by atoms with E-state index in [0.717, 1.165) is 19.4 Å². The summed E-state index contributed by atoms with van der Waals surface area (Å²) in [5.74, 6) is 0.322. The molecule has 2 heteroatoms. The SMILES string of the molecule is C=CN(CC)C(=O)C(C)CCC. The Hall–Kier alpha value is -0.790. The lowest BCUT2D eigenvalue weighted by molar-refractivity contribution is -0.132. The van der Waals surface area contributed by atoms with Crippen LogP contribution in [0, 0.1) is 5.92 Å². The maximum Gasteiger partial charge on any atom is 0.229 e. The van der Waals surface area contributed by atoms with Crippen LogP contribution in [0.4, 0.5) is 0 Å². The van der Waals surface area contributed by atoms with Crippen molar-refractivity contribution in [2.75, 3.05) is 6.54 Å². The normalized spacial score (nSPS) is 12.2. The molecule has 0 radical (unpaired) electrons. The molecule has 12 heavy (non-hydrogen) atoms. The molecule has 0 aromatic carbocycles. The number of nitrogens with zero attached hydrogens (tertiary/aromatic N) is 1. The zero-order chi connectivity index (χ0) is 9.56. The maximum atomic E-state index is 11.5. The van der Waals surface area contributed by atoms with Gasteiger partial charge in [0.2, 0.25) is 5.91 Å². The molecule has 0 aromatic heterocycles. The molecule has 1 amide bonds. The van der Waals surface area contributed by atoms with Crippen LogP contribution in [0.25, 0.3) is 0 Å². The summed E-state index contributed by atoms with van der Waals surface area (Å²) >= 11 is 0. The minimum atomic E-state index is 0.132. The van der Waals surface area contributed by atoms with Crippen molar-refractivity contribution in [1.82, 2.24) is 4.90 Å². The molecule has 0 saturated carbocycles. The van der Waals surface area contributed by atoms with Gasteiger partial charge in [-0.1, -0.05) is 26.8 Å². The fourth-order valence-electron chi connectivity index (χ4n) is 1.21. The molecule has 0 aliphatic rings. The van der Waals surface area contributed by atoms with Crippen molar-refractivity contribution in [3.05, 3.63) is 12.8 Å². The molecule has 0 fully saturated rings. The van der Waals surface area contributed by atoms with Gasteiger partial charge < -0.3 is 4.90 Å². The first-order chi connectivity index (χ1) is 5.67. The van der Waals surface area contributed by atoms with Crippen LogP contribution in [0.3, 0.4) is 0 Å². The van der Waals surface area contributed by atoms with Crippen LogP contribution >= 0.6 is 0 Å². The summed E-state index contributed by atoms with van der Waals surface area (Å²) in [7, 11) is 0. The summed E-state index contributed by atoms with van der Waals surface area (Å²) in [6, 6.07) is 0. The van der Waals surface area contributed by atoms with Crippen LogP contribution in [-0.2, 0) is 4.79 Å². The highest BCUT2D eigenvalue weighted by atomic mass is 16.2. The Labute approximate surface area is 75.3 Å². The van der Waals surface area contributed by atoms with E-state index in [1.54, 1.807) is 11.1 Å². The zero-order valence-electron chi connectivity index (χ0n) is 8.34. The third-order valence-electron chi connectivity index (χ3n) is 1.99.